The van der Waals surface area contributed by atoms with Gasteiger partial charge in [-0.2, -0.15) is 0 Å². The number of halogens is 1. The Labute approximate surface area is 117 Å². The molecule has 1 aromatic heterocycles. The van der Waals surface area contributed by atoms with Gasteiger partial charge in [0, 0.05) is 17.1 Å². The van der Waals surface area contributed by atoms with E-state index < -0.39 is 0 Å². The van der Waals surface area contributed by atoms with Gasteiger partial charge < -0.3 is 5.32 Å². The second-order valence-corrected chi connectivity index (χ2v) is 5.87. The van der Waals surface area contributed by atoms with Gasteiger partial charge in [-0.05, 0) is 30.9 Å². The Balaban J connectivity index is 1.68. The number of rotatable bonds is 5. The van der Waals surface area contributed by atoms with Crippen molar-refractivity contribution in [3.05, 3.63) is 22.8 Å². The van der Waals surface area contributed by atoms with Crippen LogP contribution in [0.4, 0.5) is 5.82 Å². The zero-order valence-corrected chi connectivity index (χ0v) is 12.1. The molecule has 0 radical (unpaired) electrons. The van der Waals surface area contributed by atoms with E-state index in [1.54, 1.807) is 6.20 Å². The van der Waals surface area contributed by atoms with Crippen molar-refractivity contribution in [2.24, 2.45) is 5.92 Å². The number of nitrogens with zero attached hydrogens (tertiary/aromatic N) is 1. The van der Waals surface area contributed by atoms with E-state index in [1.165, 1.54) is 32.1 Å². The van der Waals surface area contributed by atoms with E-state index in [4.69, 9.17) is 0 Å². The summed E-state index contributed by atoms with van der Waals surface area (Å²) in [5, 5.41) is 2.83. The summed E-state index contributed by atoms with van der Waals surface area (Å²) >= 11 is 3.36. The van der Waals surface area contributed by atoms with Crippen LogP contribution in [0.15, 0.2) is 22.8 Å². The van der Waals surface area contributed by atoms with Crippen molar-refractivity contribution in [3.8, 4) is 0 Å². The molecule has 0 atom stereocenters. The van der Waals surface area contributed by atoms with Crippen LogP contribution >= 0.6 is 15.9 Å². The SMILES string of the molecule is O=C(CCCC1CCCC1)Nc1cc(Br)ccn1. The van der Waals surface area contributed by atoms with Gasteiger partial charge in [0.15, 0.2) is 0 Å². The standard InChI is InChI=1S/C14H19BrN2O/c15-12-8-9-16-13(10-12)17-14(18)7-3-6-11-4-1-2-5-11/h8-11H,1-7H2,(H,16,17,18). The topological polar surface area (TPSA) is 42.0 Å². The van der Waals surface area contributed by atoms with Crippen LogP contribution in [-0.4, -0.2) is 10.9 Å². The average Bonchev–Trinajstić information content (AvgIpc) is 2.82. The monoisotopic (exact) mass is 310 g/mol. The van der Waals surface area contributed by atoms with Crippen LogP contribution in [0.2, 0.25) is 0 Å². The van der Waals surface area contributed by atoms with Crippen molar-refractivity contribution in [3.63, 3.8) is 0 Å². The molecule has 1 aromatic rings. The summed E-state index contributed by atoms with van der Waals surface area (Å²) in [7, 11) is 0. The van der Waals surface area contributed by atoms with Crippen LogP contribution in [0.5, 0.6) is 0 Å². The molecule has 1 fully saturated rings. The highest BCUT2D eigenvalue weighted by atomic mass is 79.9. The summed E-state index contributed by atoms with van der Waals surface area (Å²) in [4.78, 5) is 15.8. The molecule has 4 heteroatoms. The fraction of sp³-hybridized carbons (Fsp3) is 0.571. The third-order valence-corrected chi connectivity index (χ3v) is 3.97. The summed E-state index contributed by atoms with van der Waals surface area (Å²) in [5.74, 6) is 1.55. The summed E-state index contributed by atoms with van der Waals surface area (Å²) in [6.45, 7) is 0. The number of carbonyl (C=O) groups is 1. The number of hydrogen-bond donors (Lipinski definition) is 1. The molecule has 1 N–H and O–H groups in total. The van der Waals surface area contributed by atoms with Gasteiger partial charge in [0.2, 0.25) is 5.91 Å². The highest BCUT2D eigenvalue weighted by molar-refractivity contribution is 9.10. The number of anilines is 1. The third kappa shape index (κ3) is 4.41. The molecule has 1 aliphatic rings. The highest BCUT2D eigenvalue weighted by Crippen LogP contribution is 2.28. The van der Waals surface area contributed by atoms with Crippen molar-refractivity contribution in [2.45, 2.75) is 44.9 Å². The molecular weight excluding hydrogens is 292 g/mol. The van der Waals surface area contributed by atoms with Crippen molar-refractivity contribution < 1.29 is 4.79 Å². The highest BCUT2D eigenvalue weighted by Gasteiger charge is 2.15. The Bertz CT molecular complexity index is 403. The van der Waals surface area contributed by atoms with Gasteiger partial charge in [0.1, 0.15) is 5.82 Å². The summed E-state index contributed by atoms with van der Waals surface area (Å²) in [6, 6.07) is 3.66. The first-order valence-electron chi connectivity index (χ1n) is 6.65. The number of nitrogens with one attached hydrogen (secondary N) is 1. The van der Waals surface area contributed by atoms with Gasteiger partial charge in [0.25, 0.3) is 0 Å². The predicted octanol–water partition coefficient (Wildman–Crippen LogP) is 4.14. The Hall–Kier alpha value is -0.900. The summed E-state index contributed by atoms with van der Waals surface area (Å²) < 4.78 is 0.929. The molecule has 0 saturated heterocycles. The number of aromatic nitrogens is 1. The maximum atomic E-state index is 11.7. The van der Waals surface area contributed by atoms with Gasteiger partial charge in [-0.3, -0.25) is 4.79 Å². The van der Waals surface area contributed by atoms with E-state index in [-0.39, 0.29) is 5.91 Å². The van der Waals surface area contributed by atoms with E-state index in [0.29, 0.717) is 12.2 Å². The lowest BCUT2D eigenvalue weighted by Crippen LogP contribution is -2.12. The van der Waals surface area contributed by atoms with E-state index in [0.717, 1.165) is 16.8 Å². The largest absolute Gasteiger partial charge is 0.311 e. The maximum absolute atomic E-state index is 11.7. The molecule has 0 aliphatic heterocycles. The Morgan fingerprint density at radius 1 is 1.44 bits per heavy atom. The average molecular weight is 311 g/mol. The minimum absolute atomic E-state index is 0.0681. The number of amides is 1. The number of hydrogen-bond acceptors (Lipinski definition) is 2. The molecular formula is C14H19BrN2O. The van der Waals surface area contributed by atoms with Gasteiger partial charge in [-0.15, -0.1) is 0 Å². The molecule has 3 nitrogen and oxygen atoms in total. The molecule has 0 spiro atoms. The van der Waals surface area contributed by atoms with Crippen LogP contribution in [0.3, 0.4) is 0 Å². The molecule has 1 heterocycles. The third-order valence-electron chi connectivity index (χ3n) is 3.48. The predicted molar refractivity (Wildman–Crippen MR) is 76.4 cm³/mol. The van der Waals surface area contributed by atoms with E-state index >= 15 is 0 Å². The quantitative estimate of drug-likeness (QED) is 0.888. The molecule has 1 amide bonds. The summed E-state index contributed by atoms with van der Waals surface area (Å²) in [5.41, 5.74) is 0. The van der Waals surface area contributed by atoms with Crippen molar-refractivity contribution in [1.82, 2.24) is 4.98 Å². The molecule has 1 aliphatic carbocycles. The number of pyridine rings is 1. The Morgan fingerprint density at radius 3 is 2.94 bits per heavy atom. The molecule has 18 heavy (non-hydrogen) atoms. The zero-order chi connectivity index (χ0) is 12.8. The summed E-state index contributed by atoms with van der Waals surface area (Å²) in [6.07, 6.45) is 9.92. The lowest BCUT2D eigenvalue weighted by atomic mass is 10.0. The first-order chi connectivity index (χ1) is 8.74. The van der Waals surface area contributed by atoms with Crippen LogP contribution in [0, 0.1) is 5.92 Å². The van der Waals surface area contributed by atoms with Gasteiger partial charge in [0.05, 0.1) is 0 Å². The molecule has 0 unspecified atom stereocenters. The molecule has 0 aromatic carbocycles. The van der Waals surface area contributed by atoms with Crippen molar-refractivity contribution in [1.29, 1.82) is 0 Å². The fourth-order valence-corrected chi connectivity index (χ4v) is 2.86. The first-order valence-corrected chi connectivity index (χ1v) is 7.45. The van der Waals surface area contributed by atoms with Crippen LogP contribution in [-0.2, 0) is 4.79 Å². The van der Waals surface area contributed by atoms with Crippen molar-refractivity contribution >= 4 is 27.7 Å². The molecule has 2 rings (SSSR count). The Morgan fingerprint density at radius 2 is 2.22 bits per heavy atom. The second kappa shape index (κ2) is 6.88. The van der Waals surface area contributed by atoms with Crippen LogP contribution in [0.1, 0.15) is 44.9 Å². The second-order valence-electron chi connectivity index (χ2n) is 4.95. The van der Waals surface area contributed by atoms with E-state index in [2.05, 4.69) is 26.2 Å². The molecule has 0 bridgehead atoms. The zero-order valence-electron chi connectivity index (χ0n) is 10.5. The lowest BCUT2D eigenvalue weighted by molar-refractivity contribution is -0.116. The van der Waals surface area contributed by atoms with Gasteiger partial charge >= 0.3 is 0 Å². The van der Waals surface area contributed by atoms with Crippen LogP contribution in [0.25, 0.3) is 0 Å². The number of carbonyl (C=O) groups excluding carboxylic acids is 1. The minimum atomic E-state index is 0.0681. The maximum Gasteiger partial charge on any atom is 0.225 e. The fourth-order valence-electron chi connectivity index (χ4n) is 2.53. The lowest BCUT2D eigenvalue weighted by Gasteiger charge is -2.08. The van der Waals surface area contributed by atoms with Gasteiger partial charge in [-0.25, -0.2) is 4.98 Å². The van der Waals surface area contributed by atoms with Crippen molar-refractivity contribution in [2.75, 3.05) is 5.32 Å². The normalized spacial score (nSPS) is 15.8. The first kappa shape index (κ1) is 13.5. The van der Waals surface area contributed by atoms with E-state index in [1.807, 2.05) is 12.1 Å². The smallest absolute Gasteiger partial charge is 0.225 e. The van der Waals surface area contributed by atoms with E-state index in [9.17, 15) is 4.79 Å². The molecule has 1 saturated carbocycles. The van der Waals surface area contributed by atoms with Crippen LogP contribution < -0.4 is 5.32 Å². The van der Waals surface area contributed by atoms with Gasteiger partial charge in [-0.1, -0.05) is 41.6 Å². The Kier molecular flexibility index (Phi) is 5.17. The minimum Gasteiger partial charge on any atom is -0.311 e. The molecule has 98 valence electrons.